The minimum absolute atomic E-state index is 0.0653. The molecule has 2 aliphatic rings. The van der Waals surface area contributed by atoms with Crippen LogP contribution in [-0.4, -0.2) is 44.6 Å². The number of aryl methyl sites for hydroxylation is 1. The van der Waals surface area contributed by atoms with Crippen LogP contribution >= 0.6 is 0 Å². The van der Waals surface area contributed by atoms with Gasteiger partial charge in [-0.2, -0.15) is 8.78 Å². The molecule has 2 heterocycles. The molecule has 1 aromatic heterocycles. The maximum Gasteiger partial charge on any atom is 0.309 e. The predicted octanol–water partition coefficient (Wildman–Crippen LogP) is 5.60. The largest absolute Gasteiger partial charge is 0.491 e. The Morgan fingerprint density at radius 1 is 1.19 bits per heavy atom. The number of nitrogens with two attached hydrogens (primary N) is 1. The third-order valence-electron chi connectivity index (χ3n) is 7.39. The molecule has 0 radical (unpaired) electrons. The molecule has 0 bridgehead atoms. The molecule has 42 heavy (non-hydrogen) atoms. The maximum absolute atomic E-state index is 14.9. The molecule has 3 unspecified atom stereocenters. The summed E-state index contributed by atoms with van der Waals surface area (Å²) in [5, 5.41) is 21.2. The zero-order valence-electron chi connectivity index (χ0n) is 24.3. The molecule has 5 rings (SSSR count). The number of benzene rings is 2. The van der Waals surface area contributed by atoms with E-state index in [1.807, 2.05) is 25.3 Å². The summed E-state index contributed by atoms with van der Waals surface area (Å²) in [7, 11) is 0. The van der Waals surface area contributed by atoms with Crippen LogP contribution in [0.15, 0.2) is 59.9 Å². The standard InChI is InChI=1S/C28H32F2N4O4.C2H6.C2H2/c1-2-32-26-23(15-31)33-17-34(26)24-11-10-20(38-24)16-37-19-7-5-6-18(14-19)12-13-27(36)22-9-4-3-8-21(22)25(35)28(27,29)30;2*1-2/h2-9,14,17,20,24-25,35-36H,10-13,15-16,31H2,1H3;1-2H3;1-2H/b32-2-;;/t20-,24?,25?,27?;;/m0../s1. The van der Waals surface area contributed by atoms with Gasteiger partial charge in [-0.15, -0.1) is 12.8 Å². The third kappa shape index (κ3) is 6.40. The second-order valence-corrected chi connectivity index (χ2v) is 9.74. The fourth-order valence-corrected chi connectivity index (χ4v) is 5.35. The number of aromatic nitrogens is 2. The second-order valence-electron chi connectivity index (χ2n) is 9.74. The van der Waals surface area contributed by atoms with E-state index in [2.05, 4.69) is 22.8 Å². The number of imidazole rings is 1. The van der Waals surface area contributed by atoms with Crippen LogP contribution in [0.1, 0.15) is 74.7 Å². The van der Waals surface area contributed by atoms with Gasteiger partial charge in [-0.1, -0.05) is 50.2 Å². The maximum atomic E-state index is 14.9. The molecule has 1 saturated heterocycles. The number of hydrogen-bond donors (Lipinski definition) is 3. The number of alkyl halides is 2. The van der Waals surface area contributed by atoms with Crippen molar-refractivity contribution in [2.45, 2.75) is 83.0 Å². The summed E-state index contributed by atoms with van der Waals surface area (Å²) < 4.78 is 43.9. The SMILES string of the molecule is C#C.C/C=N\c1c(CN)ncn1C1CC[C@@H](COc2cccc(CCC3(O)c4ccccc4C(O)C3(F)F)c2)O1.CC. The Balaban J connectivity index is 0.00000116. The van der Waals surface area contributed by atoms with E-state index in [0.29, 0.717) is 23.9 Å². The molecule has 3 aromatic rings. The summed E-state index contributed by atoms with van der Waals surface area (Å²) in [4.78, 5) is 8.73. The monoisotopic (exact) mass is 582 g/mol. The molecule has 1 fully saturated rings. The molecular weight excluding hydrogens is 542 g/mol. The lowest BCUT2D eigenvalue weighted by Crippen LogP contribution is -2.44. The molecule has 0 saturated carbocycles. The van der Waals surface area contributed by atoms with Gasteiger partial charge < -0.3 is 25.4 Å². The van der Waals surface area contributed by atoms with Crippen molar-refractivity contribution < 1.29 is 28.5 Å². The Morgan fingerprint density at radius 3 is 2.64 bits per heavy atom. The number of aliphatic imine (C=N–C) groups is 1. The van der Waals surface area contributed by atoms with Crippen molar-refractivity contribution in [3.63, 3.8) is 0 Å². The number of fused-ring (bicyclic) bond motifs is 1. The average Bonchev–Trinajstić information content (AvgIpc) is 3.70. The molecule has 4 atom stereocenters. The van der Waals surface area contributed by atoms with Gasteiger partial charge in [-0.05, 0) is 61.4 Å². The van der Waals surface area contributed by atoms with Crippen LogP contribution in [0.2, 0.25) is 0 Å². The number of hydrogen-bond acceptors (Lipinski definition) is 7. The molecule has 10 heteroatoms. The molecule has 1 aliphatic carbocycles. The fraction of sp³-hybridized carbons (Fsp3) is 0.438. The lowest BCUT2D eigenvalue weighted by Gasteiger charge is -2.32. The van der Waals surface area contributed by atoms with Crippen LogP contribution in [0.5, 0.6) is 5.75 Å². The number of aliphatic hydroxyl groups is 2. The number of halogens is 2. The van der Waals surface area contributed by atoms with E-state index in [1.165, 1.54) is 12.1 Å². The minimum atomic E-state index is -3.69. The van der Waals surface area contributed by atoms with E-state index < -0.39 is 17.6 Å². The summed E-state index contributed by atoms with van der Waals surface area (Å²) in [5.41, 5.74) is 4.91. The van der Waals surface area contributed by atoms with E-state index in [1.54, 1.807) is 48.9 Å². The van der Waals surface area contributed by atoms with Crippen molar-refractivity contribution in [2.75, 3.05) is 6.61 Å². The first kappa shape index (κ1) is 32.9. The quantitative estimate of drug-likeness (QED) is 0.224. The van der Waals surface area contributed by atoms with Gasteiger partial charge in [-0.25, -0.2) is 9.98 Å². The zero-order chi connectivity index (χ0) is 30.9. The van der Waals surface area contributed by atoms with Crippen molar-refractivity contribution in [3.05, 3.63) is 77.2 Å². The van der Waals surface area contributed by atoms with Crippen LogP contribution in [0.3, 0.4) is 0 Å². The number of aliphatic hydroxyl groups excluding tert-OH is 1. The highest BCUT2D eigenvalue weighted by atomic mass is 19.3. The van der Waals surface area contributed by atoms with Gasteiger partial charge in [0.2, 0.25) is 0 Å². The molecule has 0 amide bonds. The highest BCUT2D eigenvalue weighted by Crippen LogP contribution is 2.56. The van der Waals surface area contributed by atoms with Gasteiger partial charge in [0.15, 0.2) is 11.4 Å². The Morgan fingerprint density at radius 2 is 1.93 bits per heavy atom. The average molecular weight is 583 g/mol. The normalized spacial score (nSPS) is 23.9. The number of rotatable bonds is 9. The molecule has 8 nitrogen and oxygen atoms in total. The van der Waals surface area contributed by atoms with E-state index in [0.717, 1.165) is 18.4 Å². The van der Waals surface area contributed by atoms with Crippen LogP contribution in [-0.2, 0) is 23.3 Å². The predicted molar refractivity (Wildman–Crippen MR) is 159 cm³/mol. The molecule has 4 N–H and O–H groups in total. The Hall–Kier alpha value is -3.62. The first-order valence-corrected chi connectivity index (χ1v) is 14.1. The topological polar surface area (TPSA) is 115 Å². The van der Waals surface area contributed by atoms with Crippen molar-refractivity contribution >= 4 is 12.0 Å². The summed E-state index contributed by atoms with van der Waals surface area (Å²) >= 11 is 0. The lowest BCUT2D eigenvalue weighted by atomic mass is 9.86. The molecule has 2 aromatic carbocycles. The van der Waals surface area contributed by atoms with Crippen molar-refractivity contribution in [2.24, 2.45) is 10.7 Å². The van der Waals surface area contributed by atoms with Gasteiger partial charge in [0, 0.05) is 12.8 Å². The number of ether oxygens (including phenoxy) is 2. The fourth-order valence-electron chi connectivity index (χ4n) is 5.35. The van der Waals surface area contributed by atoms with Crippen molar-refractivity contribution in [1.29, 1.82) is 0 Å². The van der Waals surface area contributed by atoms with Crippen LogP contribution in [0.4, 0.5) is 14.6 Å². The third-order valence-corrected chi connectivity index (χ3v) is 7.39. The summed E-state index contributed by atoms with van der Waals surface area (Å²) in [6, 6.07) is 13.2. The highest BCUT2D eigenvalue weighted by molar-refractivity contribution is 5.60. The van der Waals surface area contributed by atoms with Crippen LogP contribution in [0, 0.1) is 12.8 Å². The van der Waals surface area contributed by atoms with E-state index in [4.69, 9.17) is 15.2 Å². The number of terminal acetylenes is 1. The Kier molecular flexibility index (Phi) is 11.4. The van der Waals surface area contributed by atoms with Crippen LogP contribution < -0.4 is 10.5 Å². The second kappa shape index (κ2) is 14.5. The Bertz CT molecular complexity index is 1360. The molecule has 226 valence electrons. The highest BCUT2D eigenvalue weighted by Gasteiger charge is 2.64. The Labute approximate surface area is 246 Å². The van der Waals surface area contributed by atoms with Gasteiger partial charge in [-0.3, -0.25) is 4.57 Å². The van der Waals surface area contributed by atoms with E-state index in [9.17, 15) is 19.0 Å². The zero-order valence-corrected chi connectivity index (χ0v) is 24.3. The summed E-state index contributed by atoms with van der Waals surface area (Å²) in [6.45, 7) is 6.45. The van der Waals surface area contributed by atoms with Crippen LogP contribution in [0.25, 0.3) is 0 Å². The van der Waals surface area contributed by atoms with E-state index >= 15 is 0 Å². The summed E-state index contributed by atoms with van der Waals surface area (Å²) in [5.74, 6) is -2.41. The first-order valence-electron chi connectivity index (χ1n) is 14.1. The van der Waals surface area contributed by atoms with Gasteiger partial charge in [0.1, 0.15) is 24.7 Å². The minimum Gasteiger partial charge on any atom is -0.491 e. The smallest absolute Gasteiger partial charge is 0.309 e. The van der Waals surface area contributed by atoms with Gasteiger partial charge in [0.05, 0.1) is 18.1 Å². The van der Waals surface area contributed by atoms with Crippen molar-refractivity contribution in [1.82, 2.24) is 9.55 Å². The summed E-state index contributed by atoms with van der Waals surface area (Å²) in [6.07, 6.45) is 10.5. The lowest BCUT2D eigenvalue weighted by molar-refractivity contribution is -0.226. The van der Waals surface area contributed by atoms with Gasteiger partial charge in [0.25, 0.3) is 0 Å². The van der Waals surface area contributed by atoms with E-state index in [-0.39, 0.29) is 42.8 Å². The number of nitrogens with zero attached hydrogens (tertiary/aromatic N) is 3. The van der Waals surface area contributed by atoms with Gasteiger partial charge >= 0.3 is 5.92 Å². The first-order chi connectivity index (χ1) is 20.3. The molecular formula is C32H40F2N4O4. The molecule has 1 aliphatic heterocycles. The van der Waals surface area contributed by atoms with Crippen molar-refractivity contribution in [3.8, 4) is 18.6 Å². The molecule has 0 spiro atoms.